The molecule has 1 saturated carbocycles. The second-order valence-electron chi connectivity index (χ2n) is 27.0. The highest BCUT2D eigenvalue weighted by atomic mass is 35.5. The summed E-state index contributed by atoms with van der Waals surface area (Å²) in [6.45, 7) is 15.4. The maximum absolute atomic E-state index is 15.0. The van der Waals surface area contributed by atoms with Crippen LogP contribution in [-0.2, 0) is 71.8 Å². The van der Waals surface area contributed by atoms with E-state index in [-0.39, 0.29) is 76.8 Å². The average Bonchev–Trinajstić information content (AvgIpc) is 1.77. The number of aryl methyl sites for hydroxylation is 2. The summed E-state index contributed by atoms with van der Waals surface area (Å²) in [5.74, 6) is -7.95. The van der Waals surface area contributed by atoms with E-state index in [0.717, 1.165) is 22.6 Å². The van der Waals surface area contributed by atoms with Gasteiger partial charge in [-0.15, -0.1) is 0 Å². The third-order valence-electron chi connectivity index (χ3n) is 19.2. The smallest absolute Gasteiger partial charge is 0.351 e. The molecule has 26 heteroatoms. The molecule has 10 atom stereocenters. The standard InChI is InChI=1S/C67H97ClF3N11O11/c1-15-41(7)55-64(92)77(11)43(9)60(88)82-32-28-50(82)63(91)79(13)52(36-45-22-20-40(6)21-23-45)62(90)76(10)37-53(83)73-48(27-25-44-24-26-46(47(68)35-44)67(69,70)71)61(89)81-31-18-19-49(81)58(86)75-66(29-16-17-30-66)65(93)80(14)56(39(4)5)59(87)72-42(8)34-54(84)78(12)51(33-38(2)3)57(85)74-55/h20-24,26,35,38-39,41-43,48-52,55-56H,15-19,25,27-34,36-37H2,1-14H3,(H,72,87)(H,73,83)(H,74,85)(H,75,86)/t41-,42+,43-,48-,49-,50-,51-,52-,55-,56-/m0/s1. The molecule has 4 aliphatic rings. The number of hydrogen-bond donors (Lipinski definition) is 4. The number of halogens is 4. The van der Waals surface area contributed by atoms with Crippen LogP contribution in [0.5, 0.6) is 0 Å². The second kappa shape index (κ2) is 31.7. The van der Waals surface area contributed by atoms with Gasteiger partial charge in [0, 0.05) is 67.2 Å². The van der Waals surface area contributed by atoms with Gasteiger partial charge >= 0.3 is 6.18 Å². The van der Waals surface area contributed by atoms with Crippen molar-refractivity contribution < 1.29 is 65.9 Å². The molecular weight excluding hydrogens is 1230 g/mol. The molecule has 4 N–H and O–H groups in total. The summed E-state index contributed by atoms with van der Waals surface area (Å²) >= 11 is 6.12. The molecule has 514 valence electrons. The Balaban J connectivity index is 1.39. The monoisotopic (exact) mass is 1320 g/mol. The normalized spacial score (nSPS) is 26.7. The van der Waals surface area contributed by atoms with Gasteiger partial charge in [-0.05, 0) is 113 Å². The van der Waals surface area contributed by atoms with Crippen LogP contribution in [0.25, 0.3) is 0 Å². The molecule has 6 rings (SSSR count). The number of amides is 11. The van der Waals surface area contributed by atoms with Crippen LogP contribution in [0.4, 0.5) is 13.2 Å². The van der Waals surface area contributed by atoms with Crippen molar-refractivity contribution in [3.8, 4) is 0 Å². The van der Waals surface area contributed by atoms with Gasteiger partial charge in [-0.1, -0.05) is 108 Å². The van der Waals surface area contributed by atoms with Crippen molar-refractivity contribution in [1.29, 1.82) is 0 Å². The Morgan fingerprint density at radius 2 is 1.28 bits per heavy atom. The third-order valence-corrected chi connectivity index (χ3v) is 19.5. The van der Waals surface area contributed by atoms with E-state index in [4.69, 9.17) is 11.6 Å². The van der Waals surface area contributed by atoms with Crippen molar-refractivity contribution >= 4 is 76.6 Å². The fraction of sp³-hybridized carbons (Fsp3) is 0.657. The third kappa shape index (κ3) is 17.9. The van der Waals surface area contributed by atoms with E-state index in [9.17, 15) is 56.3 Å². The molecule has 22 nitrogen and oxygen atoms in total. The zero-order valence-corrected chi connectivity index (χ0v) is 57.2. The van der Waals surface area contributed by atoms with Crippen molar-refractivity contribution in [3.63, 3.8) is 0 Å². The van der Waals surface area contributed by atoms with Gasteiger partial charge in [0.1, 0.15) is 53.9 Å². The Morgan fingerprint density at radius 1 is 0.656 bits per heavy atom. The lowest BCUT2D eigenvalue weighted by Gasteiger charge is -2.45. The minimum absolute atomic E-state index is 0.0303. The first kappa shape index (κ1) is 74.7. The fourth-order valence-corrected chi connectivity index (χ4v) is 13.4. The molecule has 3 aliphatic heterocycles. The molecular formula is C67H97ClF3N11O11. The first-order valence-electron chi connectivity index (χ1n) is 32.6. The van der Waals surface area contributed by atoms with Crippen LogP contribution in [0.3, 0.4) is 0 Å². The number of benzene rings is 2. The van der Waals surface area contributed by atoms with Crippen molar-refractivity contribution in [3.05, 3.63) is 69.7 Å². The zero-order chi connectivity index (χ0) is 69.3. The first-order chi connectivity index (χ1) is 43.5. The fourth-order valence-electron chi connectivity index (χ4n) is 13.1. The molecule has 2 aromatic carbocycles. The number of carbonyl (C=O) groups excluding carboxylic acids is 11. The molecule has 4 fully saturated rings. The summed E-state index contributed by atoms with van der Waals surface area (Å²) < 4.78 is 41.4. The lowest BCUT2D eigenvalue weighted by molar-refractivity contribution is -0.160. The van der Waals surface area contributed by atoms with Gasteiger partial charge < -0.3 is 55.6 Å². The average molecular weight is 1330 g/mol. The Labute approximate surface area is 550 Å². The molecule has 3 saturated heterocycles. The lowest BCUT2D eigenvalue weighted by atomic mass is 9.92. The maximum atomic E-state index is 15.0. The number of nitrogens with zero attached hydrogens (tertiary/aromatic N) is 7. The lowest BCUT2D eigenvalue weighted by Crippen LogP contribution is -2.65. The summed E-state index contributed by atoms with van der Waals surface area (Å²) in [4.78, 5) is 170. The summed E-state index contributed by atoms with van der Waals surface area (Å²) in [7, 11) is 7.15. The summed E-state index contributed by atoms with van der Waals surface area (Å²) in [6, 6.07) is 0.205. The van der Waals surface area contributed by atoms with Crippen molar-refractivity contribution in [1.82, 2.24) is 55.6 Å². The van der Waals surface area contributed by atoms with Crippen LogP contribution < -0.4 is 21.3 Å². The minimum atomic E-state index is -4.75. The molecule has 93 heavy (non-hydrogen) atoms. The van der Waals surface area contributed by atoms with Crippen LogP contribution in [0.1, 0.15) is 148 Å². The van der Waals surface area contributed by atoms with Crippen molar-refractivity contribution in [2.45, 2.75) is 212 Å². The summed E-state index contributed by atoms with van der Waals surface area (Å²) in [6.07, 6.45) is -2.50. The van der Waals surface area contributed by atoms with E-state index in [1.165, 1.54) is 77.6 Å². The summed E-state index contributed by atoms with van der Waals surface area (Å²) in [5.41, 5.74) is -0.696. The predicted molar refractivity (Wildman–Crippen MR) is 343 cm³/mol. The quantitative estimate of drug-likeness (QED) is 0.238. The number of fused-ring (bicyclic) bond motifs is 2. The van der Waals surface area contributed by atoms with E-state index >= 15 is 9.59 Å². The minimum Gasteiger partial charge on any atom is -0.351 e. The Bertz CT molecular complexity index is 3090. The van der Waals surface area contributed by atoms with Crippen LogP contribution in [-0.4, -0.2) is 214 Å². The SMILES string of the molecule is CC[C@H](C)[C@@H]1NC(=O)[C@H](CC(C)C)N(C)C(=O)C[C@@H](C)NC(=O)[C@H](C(C)C)N(C)C(=O)C2(CCCC2)NC(=O)[C@@H]2CCCN2C(=O)[C@H](CCc2ccc(C(F)(F)F)c(Cl)c2)NC(=O)CN(C)C(=O)[C@H](Cc2ccc(C)cc2)N(C)C(=O)[C@@H]2CCN2C(=O)[C@H](C)N(C)C1=O. The summed E-state index contributed by atoms with van der Waals surface area (Å²) in [5, 5.41) is 11.0. The molecule has 2 aromatic rings. The zero-order valence-electron chi connectivity index (χ0n) is 56.4. The van der Waals surface area contributed by atoms with Crippen molar-refractivity contribution in [2.75, 3.05) is 54.9 Å². The largest absolute Gasteiger partial charge is 0.417 e. The van der Waals surface area contributed by atoms with Gasteiger partial charge in [-0.3, -0.25) is 52.7 Å². The van der Waals surface area contributed by atoms with Crippen LogP contribution in [0.15, 0.2) is 42.5 Å². The van der Waals surface area contributed by atoms with Crippen LogP contribution in [0, 0.1) is 24.7 Å². The van der Waals surface area contributed by atoms with E-state index in [1.54, 1.807) is 39.8 Å². The van der Waals surface area contributed by atoms with E-state index < -0.39 is 160 Å². The van der Waals surface area contributed by atoms with Gasteiger partial charge in [0.15, 0.2) is 0 Å². The molecule has 0 unspecified atom stereocenters. The Morgan fingerprint density at radius 3 is 1.85 bits per heavy atom. The van der Waals surface area contributed by atoms with E-state index in [1.807, 2.05) is 39.8 Å². The van der Waals surface area contributed by atoms with Gasteiger partial charge in [0.2, 0.25) is 65.0 Å². The van der Waals surface area contributed by atoms with Gasteiger partial charge in [-0.25, -0.2) is 0 Å². The van der Waals surface area contributed by atoms with Crippen LogP contribution in [0.2, 0.25) is 5.02 Å². The Kier molecular flexibility index (Phi) is 25.5. The van der Waals surface area contributed by atoms with Gasteiger partial charge in [0.25, 0.3) is 0 Å². The Hall–Kier alpha value is -7.31. The maximum Gasteiger partial charge on any atom is 0.417 e. The highest BCUT2D eigenvalue weighted by Crippen LogP contribution is 2.37. The molecule has 0 aromatic heterocycles. The molecule has 1 aliphatic carbocycles. The molecule has 0 bridgehead atoms. The first-order valence-corrected chi connectivity index (χ1v) is 33.0. The number of likely N-dealkylation sites (N-methyl/N-ethyl adjacent to an activating group) is 5. The highest BCUT2D eigenvalue weighted by molar-refractivity contribution is 6.31. The van der Waals surface area contributed by atoms with Gasteiger partial charge in [-0.2, -0.15) is 13.2 Å². The number of carbonyl (C=O) groups is 11. The van der Waals surface area contributed by atoms with E-state index in [2.05, 4.69) is 21.3 Å². The molecule has 1 spiro atoms. The highest BCUT2D eigenvalue weighted by Gasteiger charge is 2.50. The molecule has 11 amide bonds. The number of alkyl halides is 3. The molecule has 0 radical (unpaired) electrons. The number of nitrogens with one attached hydrogen (secondary N) is 4. The van der Waals surface area contributed by atoms with Crippen LogP contribution >= 0.6 is 11.6 Å². The van der Waals surface area contributed by atoms with Crippen molar-refractivity contribution in [2.24, 2.45) is 17.8 Å². The molecule has 3 heterocycles. The van der Waals surface area contributed by atoms with E-state index in [0.29, 0.717) is 36.8 Å². The topological polar surface area (TPSA) is 259 Å². The second-order valence-corrected chi connectivity index (χ2v) is 27.4. The number of rotatable bonds is 10. The number of hydrogen-bond acceptors (Lipinski definition) is 11. The predicted octanol–water partition coefficient (Wildman–Crippen LogP) is 5.28. The van der Waals surface area contributed by atoms with Gasteiger partial charge in [0.05, 0.1) is 17.1 Å².